The second-order valence-corrected chi connectivity index (χ2v) is 21.9. The first kappa shape index (κ1) is 41.8. The van der Waals surface area contributed by atoms with Crippen molar-refractivity contribution in [3.05, 3.63) is 76.0 Å². The van der Waals surface area contributed by atoms with Crippen molar-refractivity contribution in [3.8, 4) is 19.5 Å². The SMILES string of the molecule is CCCCC(CCCC)CN1C(=O)C2=C(c3ccc(-c4cc(C)c(Br)s4)s3)N(CC(CCCC)CCCC)C(=O)C2=C1c1ccc(-c2cc(C)c(Br)s2)s1. The lowest BCUT2D eigenvalue weighted by molar-refractivity contribution is -0.124. The van der Waals surface area contributed by atoms with Crippen molar-refractivity contribution >= 4 is 100 Å². The first-order valence-corrected chi connectivity index (χ1v) is 24.8. The zero-order valence-corrected chi connectivity index (χ0v) is 39.1. The van der Waals surface area contributed by atoms with Crippen molar-refractivity contribution in [2.45, 2.75) is 119 Å². The highest BCUT2D eigenvalue weighted by molar-refractivity contribution is 9.11. The summed E-state index contributed by atoms with van der Waals surface area (Å²) in [6, 6.07) is 13.1. The number of amides is 2. The molecule has 0 saturated carbocycles. The molecule has 2 aliphatic rings. The van der Waals surface area contributed by atoms with Crippen LogP contribution < -0.4 is 0 Å². The molecule has 2 aliphatic heterocycles. The third kappa shape index (κ3) is 8.99. The van der Waals surface area contributed by atoms with Gasteiger partial charge in [0.05, 0.1) is 39.9 Å². The highest BCUT2D eigenvalue weighted by atomic mass is 79.9. The predicted octanol–water partition coefficient (Wildman–Crippen LogP) is 15.2. The third-order valence-corrected chi connectivity index (χ3v) is 17.7. The van der Waals surface area contributed by atoms with Gasteiger partial charge in [-0.05, 0) is 131 Å². The Morgan fingerprint density at radius 2 is 0.852 bits per heavy atom. The molecule has 4 aromatic heterocycles. The molecule has 0 fully saturated rings. The van der Waals surface area contributed by atoms with Crippen LogP contribution in [0.15, 0.2) is 55.1 Å². The van der Waals surface area contributed by atoms with Crippen LogP contribution in [0.5, 0.6) is 0 Å². The molecule has 0 aromatic carbocycles. The van der Waals surface area contributed by atoms with Crippen molar-refractivity contribution in [3.63, 3.8) is 0 Å². The Morgan fingerprint density at radius 3 is 1.15 bits per heavy atom. The van der Waals surface area contributed by atoms with Crippen molar-refractivity contribution in [1.82, 2.24) is 9.80 Å². The topological polar surface area (TPSA) is 40.6 Å². The van der Waals surface area contributed by atoms with Gasteiger partial charge in [0.25, 0.3) is 11.8 Å². The summed E-state index contributed by atoms with van der Waals surface area (Å²) < 4.78 is 2.28. The molecule has 0 radical (unpaired) electrons. The van der Waals surface area contributed by atoms with Crippen LogP contribution in [-0.2, 0) is 9.59 Å². The van der Waals surface area contributed by atoms with Crippen LogP contribution in [0.1, 0.15) is 126 Å². The van der Waals surface area contributed by atoms with Crippen LogP contribution >= 0.6 is 77.2 Å². The molecule has 4 aromatic rings. The third-order valence-electron chi connectivity index (χ3n) is 10.8. The minimum atomic E-state index is -0.00293. The summed E-state index contributed by atoms with van der Waals surface area (Å²) in [6.45, 7) is 14.5. The molecular weight excluding hydrogens is 877 g/mol. The lowest BCUT2D eigenvalue weighted by Gasteiger charge is -2.29. The van der Waals surface area contributed by atoms with Crippen LogP contribution in [0, 0.1) is 25.7 Å². The second-order valence-electron chi connectivity index (χ2n) is 15.0. The van der Waals surface area contributed by atoms with Crippen LogP contribution in [0.3, 0.4) is 0 Å². The smallest absolute Gasteiger partial charge is 0.261 e. The average Bonchev–Trinajstić information content (AvgIpc) is 4.02. The van der Waals surface area contributed by atoms with Gasteiger partial charge in [0.1, 0.15) is 0 Å². The molecule has 0 atom stereocenters. The number of hydrogen-bond donors (Lipinski definition) is 0. The fourth-order valence-electron chi connectivity index (χ4n) is 7.76. The maximum Gasteiger partial charge on any atom is 0.261 e. The molecule has 4 nitrogen and oxygen atoms in total. The molecule has 0 saturated heterocycles. The van der Waals surface area contributed by atoms with E-state index in [2.05, 4.69) is 110 Å². The van der Waals surface area contributed by atoms with Crippen LogP contribution in [-0.4, -0.2) is 34.7 Å². The summed E-state index contributed by atoms with van der Waals surface area (Å²) in [7, 11) is 0. The Bertz CT molecular complexity index is 1810. The fourth-order valence-corrected chi connectivity index (χ4v) is 13.1. The summed E-state index contributed by atoms with van der Waals surface area (Å²) in [5.41, 5.74) is 5.33. The molecule has 0 unspecified atom stereocenters. The molecular formula is C44H54Br2N2O2S4. The first-order valence-electron chi connectivity index (χ1n) is 20.0. The summed E-state index contributed by atoms with van der Waals surface area (Å²) in [6.07, 6.45) is 13.5. The van der Waals surface area contributed by atoms with Gasteiger partial charge in [-0.2, -0.15) is 0 Å². The van der Waals surface area contributed by atoms with E-state index in [9.17, 15) is 0 Å². The number of fused-ring (bicyclic) bond motifs is 1. The molecule has 0 N–H and O–H groups in total. The Morgan fingerprint density at radius 1 is 0.519 bits per heavy atom. The fraction of sp³-hybridized carbons (Fsp3) is 0.500. The van der Waals surface area contributed by atoms with Gasteiger partial charge in [0.15, 0.2) is 0 Å². The van der Waals surface area contributed by atoms with E-state index in [1.807, 2.05) is 9.80 Å². The lowest BCUT2D eigenvalue weighted by atomic mass is 9.95. The molecule has 6 heterocycles. The molecule has 0 bridgehead atoms. The van der Waals surface area contributed by atoms with Gasteiger partial charge in [-0.15, -0.1) is 45.3 Å². The number of unbranched alkanes of at least 4 members (excludes halogenated alkanes) is 4. The van der Waals surface area contributed by atoms with E-state index in [4.69, 9.17) is 0 Å². The summed E-state index contributed by atoms with van der Waals surface area (Å²) in [4.78, 5) is 41.3. The second kappa shape index (κ2) is 19.1. The van der Waals surface area contributed by atoms with E-state index >= 15 is 9.59 Å². The molecule has 0 spiro atoms. The molecule has 6 rings (SSSR count). The lowest BCUT2D eigenvalue weighted by Crippen LogP contribution is -2.34. The number of nitrogens with zero attached hydrogens (tertiary/aromatic N) is 2. The number of rotatable bonds is 20. The highest BCUT2D eigenvalue weighted by Crippen LogP contribution is 2.51. The molecule has 0 aliphatic carbocycles. The monoisotopic (exact) mass is 928 g/mol. The van der Waals surface area contributed by atoms with Gasteiger partial charge in [-0.25, -0.2) is 0 Å². The molecule has 10 heteroatoms. The Balaban J connectivity index is 1.52. The summed E-state index contributed by atoms with van der Waals surface area (Å²) in [5, 5.41) is 0. The highest BCUT2D eigenvalue weighted by Gasteiger charge is 2.50. The van der Waals surface area contributed by atoms with Crippen molar-refractivity contribution in [2.24, 2.45) is 11.8 Å². The Kier molecular flexibility index (Phi) is 14.8. The number of halogens is 2. The largest absolute Gasteiger partial charge is 0.306 e. The number of carbonyl (C=O) groups excluding carboxylic acids is 2. The van der Waals surface area contributed by atoms with Crippen molar-refractivity contribution < 1.29 is 9.59 Å². The van der Waals surface area contributed by atoms with E-state index in [-0.39, 0.29) is 11.8 Å². The van der Waals surface area contributed by atoms with Crippen LogP contribution in [0.4, 0.5) is 0 Å². The van der Waals surface area contributed by atoms with E-state index < -0.39 is 0 Å². The summed E-state index contributed by atoms with van der Waals surface area (Å²) >= 11 is 14.4. The van der Waals surface area contributed by atoms with E-state index in [1.54, 1.807) is 45.3 Å². The minimum absolute atomic E-state index is 0.00293. The zero-order chi connectivity index (χ0) is 38.5. The van der Waals surface area contributed by atoms with Gasteiger partial charge >= 0.3 is 0 Å². The maximum atomic E-state index is 15.3. The molecule has 2 amide bonds. The Labute approximate surface area is 356 Å². The number of carbonyl (C=O) groups is 2. The van der Waals surface area contributed by atoms with Crippen molar-refractivity contribution in [2.75, 3.05) is 13.1 Å². The number of thiophene rings is 4. The van der Waals surface area contributed by atoms with E-state index in [0.717, 1.165) is 116 Å². The maximum absolute atomic E-state index is 15.3. The van der Waals surface area contributed by atoms with E-state index in [1.165, 1.54) is 20.9 Å². The van der Waals surface area contributed by atoms with E-state index in [0.29, 0.717) is 36.1 Å². The van der Waals surface area contributed by atoms with Gasteiger partial charge in [0.2, 0.25) is 0 Å². The minimum Gasteiger partial charge on any atom is -0.306 e. The van der Waals surface area contributed by atoms with Gasteiger partial charge < -0.3 is 9.80 Å². The number of hydrogen-bond acceptors (Lipinski definition) is 6. The van der Waals surface area contributed by atoms with Gasteiger partial charge in [-0.3, -0.25) is 9.59 Å². The zero-order valence-electron chi connectivity index (χ0n) is 32.6. The Hall–Kier alpha value is -1.82. The molecule has 290 valence electrons. The first-order chi connectivity index (χ1) is 26.1. The van der Waals surface area contributed by atoms with Gasteiger partial charge in [0, 0.05) is 32.6 Å². The van der Waals surface area contributed by atoms with Crippen LogP contribution in [0.2, 0.25) is 0 Å². The summed E-state index contributed by atoms with van der Waals surface area (Å²) in [5.74, 6) is 0.763. The quantitative estimate of drug-likeness (QED) is 0.0886. The average molecular weight is 931 g/mol. The standard InChI is InChI=1S/C44H54Br2N2O2S4/c1-7-11-15-29(16-12-8-2)25-47-39(33-21-19-31(51-33)35-23-27(5)41(45)53-35)37-38(43(47)49)40(34-22-20-32(52-34)36-24-28(6)42(46)54-36)48(44(37)50)26-30(17-13-9-3)18-14-10-4/h19-24,29-30H,7-18,25-26H2,1-6H3. The normalized spacial score (nSPS) is 14.8. The number of aryl methyl sites for hydroxylation is 2. The predicted molar refractivity (Wildman–Crippen MR) is 242 cm³/mol. The van der Waals surface area contributed by atoms with Crippen molar-refractivity contribution in [1.29, 1.82) is 0 Å². The molecule has 54 heavy (non-hydrogen) atoms. The van der Waals surface area contributed by atoms with Crippen LogP contribution in [0.25, 0.3) is 30.9 Å². The van der Waals surface area contributed by atoms with Gasteiger partial charge in [-0.1, -0.05) is 79.1 Å².